The Balaban J connectivity index is 2.44. The van der Waals surface area contributed by atoms with Gasteiger partial charge in [0.2, 0.25) is 0 Å². The monoisotopic (exact) mass is 229 g/mol. The number of carbonyl (C=O) groups is 1. The lowest BCUT2D eigenvalue weighted by atomic mass is 9.64. The number of methoxy groups -OCH3 is 1. The SMILES string of the molecule is CCOC1CC(NC(C)C(=O)OC)C1(C)C. The molecule has 0 aromatic rings. The normalized spacial score (nSPS) is 29.3. The van der Waals surface area contributed by atoms with E-state index in [9.17, 15) is 4.79 Å². The van der Waals surface area contributed by atoms with Crippen LogP contribution < -0.4 is 5.32 Å². The minimum Gasteiger partial charge on any atom is -0.468 e. The number of ether oxygens (including phenoxy) is 2. The molecule has 0 amide bonds. The number of hydrogen-bond acceptors (Lipinski definition) is 4. The van der Waals surface area contributed by atoms with E-state index in [0.29, 0.717) is 12.1 Å². The van der Waals surface area contributed by atoms with Crippen molar-refractivity contribution in [3.8, 4) is 0 Å². The largest absolute Gasteiger partial charge is 0.468 e. The van der Waals surface area contributed by atoms with E-state index >= 15 is 0 Å². The van der Waals surface area contributed by atoms with Gasteiger partial charge in [-0.15, -0.1) is 0 Å². The maximum atomic E-state index is 11.3. The van der Waals surface area contributed by atoms with Gasteiger partial charge >= 0.3 is 5.97 Å². The van der Waals surface area contributed by atoms with Crippen LogP contribution in [0, 0.1) is 5.41 Å². The Bertz CT molecular complexity index is 253. The van der Waals surface area contributed by atoms with Gasteiger partial charge in [0.25, 0.3) is 0 Å². The van der Waals surface area contributed by atoms with Crippen LogP contribution in [0.4, 0.5) is 0 Å². The summed E-state index contributed by atoms with van der Waals surface area (Å²) >= 11 is 0. The summed E-state index contributed by atoms with van der Waals surface area (Å²) in [4.78, 5) is 11.3. The number of carbonyl (C=O) groups excluding carboxylic acids is 1. The van der Waals surface area contributed by atoms with Crippen LogP contribution in [0.3, 0.4) is 0 Å². The Hall–Kier alpha value is -0.610. The van der Waals surface area contributed by atoms with Crippen molar-refractivity contribution in [3.63, 3.8) is 0 Å². The summed E-state index contributed by atoms with van der Waals surface area (Å²) in [5, 5.41) is 3.29. The lowest BCUT2D eigenvalue weighted by Crippen LogP contribution is -2.63. The van der Waals surface area contributed by atoms with Gasteiger partial charge < -0.3 is 14.8 Å². The maximum Gasteiger partial charge on any atom is 0.322 e. The quantitative estimate of drug-likeness (QED) is 0.723. The molecule has 0 aromatic heterocycles. The molecule has 0 aliphatic heterocycles. The van der Waals surface area contributed by atoms with Crippen molar-refractivity contribution in [2.24, 2.45) is 5.41 Å². The fourth-order valence-electron chi connectivity index (χ4n) is 2.20. The second-order valence-electron chi connectivity index (χ2n) is 4.97. The van der Waals surface area contributed by atoms with E-state index in [0.717, 1.165) is 13.0 Å². The first-order chi connectivity index (χ1) is 7.43. The van der Waals surface area contributed by atoms with E-state index in [2.05, 4.69) is 19.2 Å². The third kappa shape index (κ3) is 2.55. The Labute approximate surface area is 97.7 Å². The van der Waals surface area contributed by atoms with Gasteiger partial charge in [0.15, 0.2) is 0 Å². The highest BCUT2D eigenvalue weighted by Gasteiger charge is 2.49. The summed E-state index contributed by atoms with van der Waals surface area (Å²) < 4.78 is 10.3. The van der Waals surface area contributed by atoms with Gasteiger partial charge in [-0.25, -0.2) is 0 Å². The molecular formula is C12H23NO3. The first-order valence-electron chi connectivity index (χ1n) is 5.89. The number of hydrogen-bond donors (Lipinski definition) is 1. The van der Waals surface area contributed by atoms with Crippen LogP contribution in [-0.2, 0) is 14.3 Å². The fourth-order valence-corrected chi connectivity index (χ4v) is 2.20. The summed E-state index contributed by atoms with van der Waals surface area (Å²) in [6, 6.07) is 0.0648. The molecule has 1 fully saturated rings. The Morgan fingerprint density at radius 2 is 2.19 bits per heavy atom. The van der Waals surface area contributed by atoms with E-state index in [-0.39, 0.29) is 17.4 Å². The lowest BCUT2D eigenvalue weighted by molar-refractivity contribution is -0.147. The molecule has 0 saturated heterocycles. The van der Waals surface area contributed by atoms with Crippen LogP contribution in [0.1, 0.15) is 34.1 Å². The summed E-state index contributed by atoms with van der Waals surface area (Å²) in [5.41, 5.74) is 0.0816. The van der Waals surface area contributed by atoms with E-state index in [1.54, 1.807) is 0 Å². The van der Waals surface area contributed by atoms with Crippen LogP contribution in [0.15, 0.2) is 0 Å². The minimum atomic E-state index is -0.253. The zero-order chi connectivity index (χ0) is 12.3. The molecule has 3 unspecified atom stereocenters. The molecule has 0 spiro atoms. The third-order valence-electron chi connectivity index (χ3n) is 3.55. The van der Waals surface area contributed by atoms with E-state index in [4.69, 9.17) is 9.47 Å². The third-order valence-corrected chi connectivity index (χ3v) is 3.55. The zero-order valence-corrected chi connectivity index (χ0v) is 10.9. The predicted molar refractivity (Wildman–Crippen MR) is 62.2 cm³/mol. The molecule has 4 nitrogen and oxygen atoms in total. The Morgan fingerprint density at radius 1 is 1.56 bits per heavy atom. The van der Waals surface area contributed by atoms with Crippen molar-refractivity contribution in [1.29, 1.82) is 0 Å². The van der Waals surface area contributed by atoms with E-state index in [1.165, 1.54) is 7.11 Å². The van der Waals surface area contributed by atoms with Gasteiger partial charge in [-0.1, -0.05) is 13.8 Å². The fraction of sp³-hybridized carbons (Fsp3) is 0.917. The standard InChI is InChI=1S/C12H23NO3/c1-6-16-10-7-9(12(10,3)4)13-8(2)11(14)15-5/h8-10,13H,6-7H2,1-5H3. The molecule has 1 rings (SSSR count). The first kappa shape index (κ1) is 13.5. The van der Waals surface area contributed by atoms with Crippen LogP contribution in [-0.4, -0.2) is 37.9 Å². The highest BCUT2D eigenvalue weighted by Crippen LogP contribution is 2.42. The van der Waals surface area contributed by atoms with Gasteiger partial charge in [-0.2, -0.15) is 0 Å². The highest BCUT2D eigenvalue weighted by atomic mass is 16.5. The van der Waals surface area contributed by atoms with Gasteiger partial charge in [0.05, 0.1) is 13.2 Å². The van der Waals surface area contributed by atoms with Crippen molar-refractivity contribution < 1.29 is 14.3 Å². The molecular weight excluding hydrogens is 206 g/mol. The van der Waals surface area contributed by atoms with Crippen molar-refractivity contribution >= 4 is 5.97 Å². The molecule has 3 atom stereocenters. The zero-order valence-electron chi connectivity index (χ0n) is 10.9. The molecule has 0 aromatic carbocycles. The molecule has 0 bridgehead atoms. The lowest BCUT2D eigenvalue weighted by Gasteiger charge is -2.52. The molecule has 4 heteroatoms. The molecule has 16 heavy (non-hydrogen) atoms. The summed E-state index contributed by atoms with van der Waals surface area (Å²) in [6.07, 6.45) is 1.25. The average molecular weight is 229 g/mol. The molecule has 0 radical (unpaired) electrons. The topological polar surface area (TPSA) is 47.6 Å². The molecule has 94 valence electrons. The highest BCUT2D eigenvalue weighted by molar-refractivity contribution is 5.75. The average Bonchev–Trinajstić information content (AvgIpc) is 2.26. The Morgan fingerprint density at radius 3 is 2.62 bits per heavy atom. The van der Waals surface area contributed by atoms with Crippen molar-refractivity contribution in [3.05, 3.63) is 0 Å². The smallest absolute Gasteiger partial charge is 0.322 e. The molecule has 0 heterocycles. The van der Waals surface area contributed by atoms with Crippen molar-refractivity contribution in [2.75, 3.05) is 13.7 Å². The van der Waals surface area contributed by atoms with Gasteiger partial charge in [0, 0.05) is 18.1 Å². The van der Waals surface area contributed by atoms with Gasteiger partial charge in [-0.05, 0) is 20.3 Å². The van der Waals surface area contributed by atoms with Crippen LogP contribution >= 0.6 is 0 Å². The number of rotatable bonds is 5. The summed E-state index contributed by atoms with van der Waals surface area (Å²) in [5.74, 6) is -0.212. The summed E-state index contributed by atoms with van der Waals surface area (Å²) in [6.45, 7) is 8.91. The van der Waals surface area contributed by atoms with Crippen LogP contribution in [0.5, 0.6) is 0 Å². The first-order valence-corrected chi connectivity index (χ1v) is 5.89. The van der Waals surface area contributed by atoms with Gasteiger partial charge in [-0.3, -0.25) is 4.79 Å². The van der Waals surface area contributed by atoms with Crippen LogP contribution in [0.2, 0.25) is 0 Å². The molecule has 1 N–H and O–H groups in total. The number of nitrogens with one attached hydrogen (secondary N) is 1. The molecule has 1 aliphatic carbocycles. The molecule has 1 aliphatic rings. The van der Waals surface area contributed by atoms with Crippen molar-refractivity contribution in [1.82, 2.24) is 5.32 Å². The van der Waals surface area contributed by atoms with Crippen LogP contribution in [0.25, 0.3) is 0 Å². The van der Waals surface area contributed by atoms with Gasteiger partial charge in [0.1, 0.15) is 6.04 Å². The van der Waals surface area contributed by atoms with E-state index in [1.807, 2.05) is 13.8 Å². The number of esters is 1. The van der Waals surface area contributed by atoms with Crippen molar-refractivity contribution in [2.45, 2.75) is 52.3 Å². The van der Waals surface area contributed by atoms with E-state index < -0.39 is 0 Å². The predicted octanol–water partition coefficient (Wildman–Crippen LogP) is 1.34. The second kappa shape index (κ2) is 5.15. The summed E-state index contributed by atoms with van der Waals surface area (Å²) in [7, 11) is 1.41. The Kier molecular flexibility index (Phi) is 4.33. The minimum absolute atomic E-state index is 0.0816. The maximum absolute atomic E-state index is 11.3. The second-order valence-corrected chi connectivity index (χ2v) is 4.97. The molecule has 1 saturated carbocycles.